The molecule has 0 spiro atoms. The molecule has 1 aliphatic rings. The molecule has 1 unspecified atom stereocenters. The van der Waals surface area contributed by atoms with Gasteiger partial charge in [-0.2, -0.15) is 0 Å². The number of ketones is 1. The smallest absolute Gasteiger partial charge is 0.143 e. The van der Waals surface area contributed by atoms with E-state index in [1.54, 1.807) is 0 Å². The monoisotopic (exact) mass is 238 g/mol. The average Bonchev–Trinajstić information content (AvgIpc) is 2.26. The molecule has 0 aromatic heterocycles. The van der Waals surface area contributed by atoms with Crippen molar-refractivity contribution in [1.82, 2.24) is 0 Å². The Morgan fingerprint density at radius 2 is 2.00 bits per heavy atom. The first-order valence-corrected chi connectivity index (χ1v) is 5.77. The molecule has 1 aromatic rings. The summed E-state index contributed by atoms with van der Waals surface area (Å²) in [5, 5.41) is 0.725. The van der Waals surface area contributed by atoms with E-state index in [0.29, 0.717) is 13.0 Å². The van der Waals surface area contributed by atoms with E-state index in [4.69, 9.17) is 16.3 Å². The molecule has 0 heterocycles. The summed E-state index contributed by atoms with van der Waals surface area (Å²) in [6, 6.07) is 7.57. The Labute approximate surface area is 101 Å². The van der Waals surface area contributed by atoms with Gasteiger partial charge in [0.2, 0.25) is 0 Å². The van der Waals surface area contributed by atoms with Crippen LogP contribution in [0.25, 0.3) is 0 Å². The van der Waals surface area contributed by atoms with E-state index < -0.39 is 0 Å². The van der Waals surface area contributed by atoms with Crippen LogP contribution in [0.2, 0.25) is 5.02 Å². The third kappa shape index (κ3) is 2.13. The van der Waals surface area contributed by atoms with Crippen LogP contribution < -0.4 is 0 Å². The first-order valence-electron chi connectivity index (χ1n) is 5.39. The largest absolute Gasteiger partial charge is 0.372 e. The van der Waals surface area contributed by atoms with Crippen molar-refractivity contribution >= 4 is 17.4 Å². The molecule has 1 aromatic carbocycles. The number of ether oxygens (including phenoxy) is 1. The summed E-state index contributed by atoms with van der Waals surface area (Å²) in [6.45, 7) is 4.41. The summed E-state index contributed by atoms with van der Waals surface area (Å²) in [6.07, 6.45) is 0.594. The maximum absolute atomic E-state index is 11.3. The van der Waals surface area contributed by atoms with Crippen molar-refractivity contribution in [1.29, 1.82) is 0 Å². The summed E-state index contributed by atoms with van der Waals surface area (Å²) in [7, 11) is 0. The van der Waals surface area contributed by atoms with Crippen LogP contribution in [0.3, 0.4) is 0 Å². The van der Waals surface area contributed by atoms with Gasteiger partial charge >= 0.3 is 0 Å². The molecule has 1 saturated carbocycles. The van der Waals surface area contributed by atoms with E-state index >= 15 is 0 Å². The Bertz CT molecular complexity index is 395. The summed E-state index contributed by atoms with van der Waals surface area (Å²) >= 11 is 5.79. The van der Waals surface area contributed by atoms with Crippen LogP contribution in [0.5, 0.6) is 0 Å². The summed E-state index contributed by atoms with van der Waals surface area (Å²) in [5.41, 5.74) is 0.770. The fourth-order valence-electron chi connectivity index (χ4n) is 1.78. The van der Waals surface area contributed by atoms with Gasteiger partial charge in [-0.1, -0.05) is 37.6 Å². The molecule has 16 heavy (non-hydrogen) atoms. The van der Waals surface area contributed by atoms with Gasteiger partial charge in [0, 0.05) is 11.4 Å². The molecule has 0 amide bonds. The van der Waals surface area contributed by atoms with Gasteiger partial charge in [0.05, 0.1) is 18.1 Å². The van der Waals surface area contributed by atoms with Gasteiger partial charge in [-0.25, -0.2) is 0 Å². The lowest BCUT2D eigenvalue weighted by atomic mass is 9.68. The first-order chi connectivity index (χ1) is 7.50. The van der Waals surface area contributed by atoms with Gasteiger partial charge in [-0.05, 0) is 17.7 Å². The van der Waals surface area contributed by atoms with E-state index in [9.17, 15) is 4.79 Å². The molecule has 2 nitrogen and oxygen atoms in total. The van der Waals surface area contributed by atoms with E-state index in [1.807, 2.05) is 38.1 Å². The molecule has 0 bridgehead atoms. The number of rotatable bonds is 3. The average molecular weight is 239 g/mol. The number of halogens is 1. The van der Waals surface area contributed by atoms with Gasteiger partial charge in [0.25, 0.3) is 0 Å². The van der Waals surface area contributed by atoms with Gasteiger partial charge in [-0.15, -0.1) is 0 Å². The molecular weight excluding hydrogens is 224 g/mol. The molecule has 1 aliphatic carbocycles. The van der Waals surface area contributed by atoms with Gasteiger partial charge in [0.1, 0.15) is 5.78 Å². The van der Waals surface area contributed by atoms with E-state index in [1.165, 1.54) is 0 Å². The van der Waals surface area contributed by atoms with Crippen LogP contribution >= 0.6 is 11.6 Å². The fourth-order valence-corrected chi connectivity index (χ4v) is 1.91. The third-order valence-electron chi connectivity index (χ3n) is 3.26. The lowest BCUT2D eigenvalue weighted by Crippen LogP contribution is -2.51. The van der Waals surface area contributed by atoms with Crippen molar-refractivity contribution < 1.29 is 9.53 Å². The minimum absolute atomic E-state index is 0.0516. The molecule has 0 radical (unpaired) electrons. The Balaban J connectivity index is 1.89. The van der Waals surface area contributed by atoms with Gasteiger partial charge in [-0.3, -0.25) is 4.79 Å². The molecule has 0 aliphatic heterocycles. The van der Waals surface area contributed by atoms with Gasteiger partial charge < -0.3 is 4.74 Å². The number of carbonyl (C=O) groups is 1. The van der Waals surface area contributed by atoms with Crippen molar-refractivity contribution in [2.45, 2.75) is 33.0 Å². The topological polar surface area (TPSA) is 26.3 Å². The number of carbonyl (C=O) groups excluding carboxylic acids is 1. The second-order valence-corrected chi connectivity index (χ2v) is 5.21. The number of hydrogen-bond acceptors (Lipinski definition) is 2. The minimum atomic E-state index is -0.313. The van der Waals surface area contributed by atoms with E-state index in [-0.39, 0.29) is 17.3 Å². The SMILES string of the molecule is CC1(C)C(=O)CC1OCc1ccc(Cl)cc1. The van der Waals surface area contributed by atoms with Crippen molar-refractivity contribution in [3.05, 3.63) is 34.9 Å². The van der Waals surface area contributed by atoms with Crippen LogP contribution in [0.1, 0.15) is 25.8 Å². The Kier molecular flexibility index (Phi) is 3.04. The Hall–Kier alpha value is -0.860. The highest BCUT2D eigenvalue weighted by molar-refractivity contribution is 6.30. The zero-order chi connectivity index (χ0) is 11.8. The molecule has 0 N–H and O–H groups in total. The van der Waals surface area contributed by atoms with Crippen LogP contribution in [-0.4, -0.2) is 11.9 Å². The predicted molar refractivity (Wildman–Crippen MR) is 63.4 cm³/mol. The van der Waals surface area contributed by atoms with Crippen molar-refractivity contribution in [2.75, 3.05) is 0 Å². The fraction of sp³-hybridized carbons (Fsp3) is 0.462. The summed E-state index contributed by atoms with van der Waals surface area (Å²) in [5.74, 6) is 0.286. The zero-order valence-corrected chi connectivity index (χ0v) is 10.3. The molecule has 86 valence electrons. The maximum atomic E-state index is 11.3. The second-order valence-electron chi connectivity index (χ2n) is 4.78. The van der Waals surface area contributed by atoms with Crippen LogP contribution in [-0.2, 0) is 16.1 Å². The highest BCUT2D eigenvalue weighted by Crippen LogP contribution is 2.39. The Morgan fingerprint density at radius 3 is 2.50 bits per heavy atom. The lowest BCUT2D eigenvalue weighted by Gasteiger charge is -2.41. The zero-order valence-electron chi connectivity index (χ0n) is 9.50. The van der Waals surface area contributed by atoms with E-state index in [2.05, 4.69) is 0 Å². The normalized spacial score (nSPS) is 22.9. The van der Waals surface area contributed by atoms with E-state index in [0.717, 1.165) is 10.6 Å². The Morgan fingerprint density at radius 1 is 1.38 bits per heavy atom. The highest BCUT2D eigenvalue weighted by Gasteiger charge is 2.48. The van der Waals surface area contributed by atoms with Crippen LogP contribution in [0.4, 0.5) is 0 Å². The molecule has 3 heteroatoms. The summed E-state index contributed by atoms with van der Waals surface area (Å²) < 4.78 is 5.73. The number of hydrogen-bond donors (Lipinski definition) is 0. The maximum Gasteiger partial charge on any atom is 0.143 e. The number of benzene rings is 1. The predicted octanol–water partition coefficient (Wildman–Crippen LogP) is 3.22. The van der Waals surface area contributed by atoms with Crippen molar-refractivity contribution in [3.8, 4) is 0 Å². The van der Waals surface area contributed by atoms with Gasteiger partial charge in [0.15, 0.2) is 0 Å². The third-order valence-corrected chi connectivity index (χ3v) is 3.51. The first kappa shape index (κ1) is 11.6. The number of Topliss-reactive ketones (excluding diaryl/α,β-unsaturated/α-hetero) is 1. The molecule has 1 fully saturated rings. The van der Waals surface area contributed by atoms with Crippen LogP contribution in [0.15, 0.2) is 24.3 Å². The molecular formula is C13H15ClO2. The van der Waals surface area contributed by atoms with Crippen molar-refractivity contribution in [3.63, 3.8) is 0 Å². The quantitative estimate of drug-likeness (QED) is 0.808. The van der Waals surface area contributed by atoms with Crippen molar-refractivity contribution in [2.24, 2.45) is 5.41 Å². The standard InChI is InChI=1S/C13H15ClO2/c1-13(2)11(15)7-12(13)16-8-9-3-5-10(14)6-4-9/h3-6,12H,7-8H2,1-2H3. The summed E-state index contributed by atoms with van der Waals surface area (Å²) in [4.78, 5) is 11.3. The van der Waals surface area contributed by atoms with Crippen LogP contribution in [0, 0.1) is 5.41 Å². The molecule has 2 rings (SSSR count). The lowest BCUT2D eigenvalue weighted by molar-refractivity contribution is -0.159. The highest BCUT2D eigenvalue weighted by atomic mass is 35.5. The molecule has 1 atom stereocenters. The second kappa shape index (κ2) is 4.19. The molecule has 0 saturated heterocycles. The minimum Gasteiger partial charge on any atom is -0.372 e.